The molecular formula is C14H20ClNO3. The van der Waals surface area contributed by atoms with E-state index in [1.807, 2.05) is 31.2 Å². The van der Waals surface area contributed by atoms with Gasteiger partial charge in [0.15, 0.2) is 0 Å². The van der Waals surface area contributed by atoms with Crippen LogP contribution in [0.5, 0.6) is 5.75 Å². The smallest absolute Gasteiger partial charge is 0.223 e. The highest BCUT2D eigenvalue weighted by molar-refractivity contribution is 6.17. The minimum Gasteiger partial charge on any atom is -0.493 e. The number of benzene rings is 1. The van der Waals surface area contributed by atoms with Gasteiger partial charge >= 0.3 is 0 Å². The maximum Gasteiger partial charge on any atom is 0.223 e. The quantitative estimate of drug-likeness (QED) is 0.558. The number of hydrogen-bond donors (Lipinski definition) is 1. The van der Waals surface area contributed by atoms with Crippen molar-refractivity contribution in [3.05, 3.63) is 29.8 Å². The lowest BCUT2D eigenvalue weighted by Crippen LogP contribution is -2.28. The van der Waals surface area contributed by atoms with Gasteiger partial charge in [-0.25, -0.2) is 0 Å². The molecule has 0 aliphatic carbocycles. The molecule has 1 amide bonds. The molecule has 1 N–H and O–H groups in total. The van der Waals surface area contributed by atoms with Crippen molar-refractivity contribution in [1.29, 1.82) is 0 Å². The zero-order chi connectivity index (χ0) is 13.9. The predicted octanol–water partition coefficient (Wildman–Crippen LogP) is 2.14. The Hall–Kier alpha value is -1.26. The van der Waals surface area contributed by atoms with Crippen molar-refractivity contribution < 1.29 is 14.3 Å². The number of amides is 1. The van der Waals surface area contributed by atoms with Crippen molar-refractivity contribution in [3.63, 3.8) is 0 Å². The topological polar surface area (TPSA) is 47.6 Å². The molecule has 0 heterocycles. The van der Waals surface area contributed by atoms with Crippen LogP contribution in [-0.4, -0.2) is 38.2 Å². The summed E-state index contributed by atoms with van der Waals surface area (Å²) in [4.78, 5) is 11.5. The molecule has 0 fully saturated rings. The van der Waals surface area contributed by atoms with Crippen LogP contribution in [0.4, 0.5) is 0 Å². The molecule has 0 aliphatic rings. The van der Waals surface area contributed by atoms with Crippen molar-refractivity contribution in [1.82, 2.24) is 5.32 Å². The molecule has 19 heavy (non-hydrogen) atoms. The summed E-state index contributed by atoms with van der Waals surface area (Å²) in [6, 6.07) is 7.75. The van der Waals surface area contributed by atoms with Crippen LogP contribution in [0.15, 0.2) is 24.3 Å². The van der Waals surface area contributed by atoms with E-state index < -0.39 is 0 Å². The van der Waals surface area contributed by atoms with Gasteiger partial charge in [-0.15, -0.1) is 11.6 Å². The van der Waals surface area contributed by atoms with Crippen LogP contribution in [0.1, 0.15) is 12.0 Å². The van der Waals surface area contributed by atoms with Crippen LogP contribution in [0.25, 0.3) is 0 Å². The van der Waals surface area contributed by atoms with Gasteiger partial charge in [0.1, 0.15) is 5.75 Å². The van der Waals surface area contributed by atoms with E-state index in [1.54, 1.807) is 0 Å². The molecule has 0 bridgehead atoms. The normalized spacial score (nSPS) is 10.2. The average molecular weight is 286 g/mol. The van der Waals surface area contributed by atoms with Crippen LogP contribution in [0, 0.1) is 6.92 Å². The third-order valence-electron chi connectivity index (χ3n) is 2.38. The Kier molecular flexibility index (Phi) is 8.02. The number of rotatable bonds is 9. The first-order valence-corrected chi connectivity index (χ1v) is 6.85. The Morgan fingerprint density at radius 3 is 2.89 bits per heavy atom. The van der Waals surface area contributed by atoms with Crippen molar-refractivity contribution in [3.8, 4) is 5.75 Å². The second kappa shape index (κ2) is 9.64. The highest BCUT2D eigenvalue weighted by atomic mass is 35.5. The van der Waals surface area contributed by atoms with Gasteiger partial charge in [0.2, 0.25) is 5.91 Å². The molecule has 5 heteroatoms. The van der Waals surface area contributed by atoms with E-state index >= 15 is 0 Å². The molecule has 106 valence electrons. The number of nitrogens with one attached hydrogen (secondary N) is 1. The lowest BCUT2D eigenvalue weighted by molar-refractivity contribution is -0.121. The first-order valence-electron chi connectivity index (χ1n) is 6.32. The molecule has 4 nitrogen and oxygen atoms in total. The van der Waals surface area contributed by atoms with E-state index in [1.165, 1.54) is 0 Å². The second-order valence-corrected chi connectivity index (χ2v) is 4.44. The minimum atomic E-state index is -0.0397. The van der Waals surface area contributed by atoms with Crippen LogP contribution in [0.2, 0.25) is 0 Å². The maximum atomic E-state index is 11.5. The molecule has 0 radical (unpaired) electrons. The SMILES string of the molecule is Cc1cccc(OCCC(=O)NCCOCCCl)c1. The molecule has 0 aliphatic heterocycles. The molecule has 0 saturated heterocycles. The van der Waals surface area contributed by atoms with Crippen molar-refractivity contribution in [2.24, 2.45) is 0 Å². The number of carbonyl (C=O) groups is 1. The zero-order valence-electron chi connectivity index (χ0n) is 11.2. The first kappa shape index (κ1) is 15.8. The van der Waals surface area contributed by atoms with Crippen molar-refractivity contribution in [2.75, 3.05) is 32.2 Å². The second-order valence-electron chi connectivity index (χ2n) is 4.07. The number of ether oxygens (including phenoxy) is 2. The van der Waals surface area contributed by atoms with Crippen molar-refractivity contribution >= 4 is 17.5 Å². The van der Waals surface area contributed by atoms with E-state index in [0.29, 0.717) is 38.7 Å². The number of alkyl halides is 1. The summed E-state index contributed by atoms with van der Waals surface area (Å²) in [7, 11) is 0. The van der Waals surface area contributed by atoms with E-state index in [2.05, 4.69) is 5.32 Å². The largest absolute Gasteiger partial charge is 0.493 e. The molecule has 0 unspecified atom stereocenters. The number of aryl methyl sites for hydroxylation is 1. The Morgan fingerprint density at radius 2 is 2.16 bits per heavy atom. The Morgan fingerprint density at radius 1 is 1.32 bits per heavy atom. The number of carbonyl (C=O) groups excluding carboxylic acids is 1. The third-order valence-corrected chi connectivity index (χ3v) is 2.53. The molecule has 1 rings (SSSR count). The zero-order valence-corrected chi connectivity index (χ0v) is 11.9. The van der Waals surface area contributed by atoms with Crippen LogP contribution >= 0.6 is 11.6 Å². The van der Waals surface area contributed by atoms with Crippen molar-refractivity contribution in [2.45, 2.75) is 13.3 Å². The first-order chi connectivity index (χ1) is 9.22. The number of halogens is 1. The van der Waals surface area contributed by atoms with Crippen LogP contribution in [-0.2, 0) is 9.53 Å². The van der Waals surface area contributed by atoms with Gasteiger partial charge in [-0.3, -0.25) is 4.79 Å². The van der Waals surface area contributed by atoms with E-state index in [4.69, 9.17) is 21.1 Å². The van der Waals surface area contributed by atoms with Gasteiger partial charge in [-0.05, 0) is 24.6 Å². The molecule has 1 aromatic rings. The van der Waals surface area contributed by atoms with E-state index in [0.717, 1.165) is 11.3 Å². The van der Waals surface area contributed by atoms with Crippen LogP contribution in [0.3, 0.4) is 0 Å². The fraction of sp³-hybridized carbons (Fsp3) is 0.500. The van der Waals surface area contributed by atoms with Crippen LogP contribution < -0.4 is 10.1 Å². The molecule has 0 saturated carbocycles. The monoisotopic (exact) mass is 285 g/mol. The Labute approximate surface area is 119 Å². The van der Waals surface area contributed by atoms with Gasteiger partial charge < -0.3 is 14.8 Å². The summed E-state index contributed by atoms with van der Waals surface area (Å²) in [5, 5.41) is 2.75. The molecule has 0 atom stereocenters. The summed E-state index contributed by atoms with van der Waals surface area (Å²) in [5.74, 6) is 1.22. The van der Waals surface area contributed by atoms with Gasteiger partial charge in [0.05, 0.1) is 26.2 Å². The lowest BCUT2D eigenvalue weighted by atomic mass is 10.2. The molecule has 0 aromatic heterocycles. The highest BCUT2D eigenvalue weighted by Crippen LogP contribution is 2.12. The lowest BCUT2D eigenvalue weighted by Gasteiger charge is -2.08. The van der Waals surface area contributed by atoms with E-state index in [9.17, 15) is 4.79 Å². The minimum absolute atomic E-state index is 0.0397. The predicted molar refractivity (Wildman–Crippen MR) is 75.8 cm³/mol. The summed E-state index contributed by atoms with van der Waals surface area (Å²) < 4.78 is 10.6. The summed E-state index contributed by atoms with van der Waals surface area (Å²) in [5.41, 5.74) is 1.14. The molecule has 1 aromatic carbocycles. The van der Waals surface area contributed by atoms with Gasteiger partial charge in [-0.1, -0.05) is 12.1 Å². The average Bonchev–Trinajstić information content (AvgIpc) is 2.38. The fourth-order valence-electron chi connectivity index (χ4n) is 1.47. The summed E-state index contributed by atoms with van der Waals surface area (Å²) >= 11 is 5.45. The Balaban J connectivity index is 2.07. The maximum absolute atomic E-state index is 11.5. The van der Waals surface area contributed by atoms with Gasteiger partial charge in [0, 0.05) is 12.4 Å². The van der Waals surface area contributed by atoms with E-state index in [-0.39, 0.29) is 5.91 Å². The van der Waals surface area contributed by atoms with Gasteiger partial charge in [0.25, 0.3) is 0 Å². The summed E-state index contributed by atoms with van der Waals surface area (Å²) in [6.45, 7) is 3.86. The highest BCUT2D eigenvalue weighted by Gasteiger charge is 2.01. The number of hydrogen-bond acceptors (Lipinski definition) is 3. The Bertz CT molecular complexity index is 385. The third kappa shape index (κ3) is 7.70. The summed E-state index contributed by atoms with van der Waals surface area (Å²) in [6.07, 6.45) is 0.337. The van der Waals surface area contributed by atoms with Gasteiger partial charge in [-0.2, -0.15) is 0 Å². The molecular weight excluding hydrogens is 266 g/mol. The fourth-order valence-corrected chi connectivity index (χ4v) is 1.58. The standard InChI is InChI=1S/C14H20ClNO3/c1-12-3-2-4-13(11-12)19-8-5-14(17)16-7-10-18-9-6-15/h2-4,11H,5-10H2,1H3,(H,16,17). The molecule has 0 spiro atoms.